The van der Waals surface area contributed by atoms with Gasteiger partial charge in [0.15, 0.2) is 17.0 Å². The molecule has 0 spiro atoms. The SMILES string of the molecule is C=CCCCCn1c(=O)c2c(nc(C(=O)C(C)(C)C)n2C)n(C)c1=O. The number of fused-ring (bicyclic) bond motifs is 1. The number of aryl methyl sites for hydroxylation is 2. The molecule has 7 heteroatoms. The highest BCUT2D eigenvalue weighted by atomic mass is 16.2. The largest absolute Gasteiger partial charge is 0.332 e. The molecule has 0 aliphatic carbocycles. The first-order valence-electron chi connectivity index (χ1n) is 8.43. The van der Waals surface area contributed by atoms with E-state index >= 15 is 0 Å². The van der Waals surface area contributed by atoms with Gasteiger partial charge in [0.2, 0.25) is 5.78 Å². The van der Waals surface area contributed by atoms with Crippen LogP contribution in [-0.4, -0.2) is 24.5 Å². The molecule has 0 fully saturated rings. The van der Waals surface area contributed by atoms with E-state index in [9.17, 15) is 14.4 Å². The lowest BCUT2D eigenvalue weighted by Gasteiger charge is -2.15. The molecule has 136 valence electrons. The first kappa shape index (κ1) is 18.9. The second-order valence-electron chi connectivity index (χ2n) is 7.33. The number of imidazole rings is 1. The van der Waals surface area contributed by atoms with E-state index in [1.165, 1.54) is 13.7 Å². The summed E-state index contributed by atoms with van der Waals surface area (Å²) in [6.07, 6.45) is 4.22. The number of carbonyl (C=O) groups excluding carboxylic acids is 1. The molecular weight excluding hydrogens is 320 g/mol. The molecule has 25 heavy (non-hydrogen) atoms. The number of carbonyl (C=O) groups is 1. The van der Waals surface area contributed by atoms with Crippen molar-refractivity contribution >= 4 is 16.9 Å². The van der Waals surface area contributed by atoms with Crippen LogP contribution in [0, 0.1) is 5.41 Å². The minimum Gasteiger partial charge on any atom is -0.319 e. The van der Waals surface area contributed by atoms with E-state index < -0.39 is 16.7 Å². The van der Waals surface area contributed by atoms with Gasteiger partial charge in [-0.25, -0.2) is 9.78 Å². The fourth-order valence-corrected chi connectivity index (χ4v) is 2.74. The number of unbranched alkanes of at least 4 members (excludes halogenated alkanes) is 2. The van der Waals surface area contributed by atoms with Gasteiger partial charge in [-0.2, -0.15) is 0 Å². The maximum absolute atomic E-state index is 12.8. The molecule has 0 unspecified atom stereocenters. The molecule has 0 bridgehead atoms. The number of rotatable bonds is 6. The Morgan fingerprint density at radius 2 is 1.80 bits per heavy atom. The van der Waals surface area contributed by atoms with Crippen molar-refractivity contribution in [2.75, 3.05) is 0 Å². The molecule has 2 heterocycles. The van der Waals surface area contributed by atoms with Crippen LogP contribution in [0.15, 0.2) is 22.2 Å². The van der Waals surface area contributed by atoms with Crippen molar-refractivity contribution in [3.63, 3.8) is 0 Å². The zero-order valence-electron chi connectivity index (χ0n) is 15.6. The smallest absolute Gasteiger partial charge is 0.319 e. The highest BCUT2D eigenvalue weighted by molar-refractivity contribution is 5.99. The Labute approximate surface area is 146 Å². The molecule has 0 N–H and O–H groups in total. The quantitative estimate of drug-likeness (QED) is 0.455. The highest BCUT2D eigenvalue weighted by Crippen LogP contribution is 2.21. The molecule has 2 aromatic heterocycles. The Hall–Kier alpha value is -2.44. The van der Waals surface area contributed by atoms with Crippen molar-refractivity contribution in [3.05, 3.63) is 39.3 Å². The predicted molar refractivity (Wildman–Crippen MR) is 98.0 cm³/mol. The third-order valence-electron chi connectivity index (χ3n) is 4.28. The van der Waals surface area contributed by atoms with Crippen LogP contribution in [-0.2, 0) is 20.6 Å². The monoisotopic (exact) mass is 346 g/mol. The van der Waals surface area contributed by atoms with Crippen molar-refractivity contribution in [2.45, 2.75) is 46.6 Å². The van der Waals surface area contributed by atoms with Gasteiger partial charge in [-0.15, -0.1) is 6.58 Å². The number of nitrogens with zero attached hydrogens (tertiary/aromatic N) is 4. The zero-order valence-corrected chi connectivity index (χ0v) is 15.6. The minimum absolute atomic E-state index is 0.171. The average Bonchev–Trinajstić information content (AvgIpc) is 2.88. The van der Waals surface area contributed by atoms with Gasteiger partial charge >= 0.3 is 5.69 Å². The fourth-order valence-electron chi connectivity index (χ4n) is 2.74. The summed E-state index contributed by atoms with van der Waals surface area (Å²) >= 11 is 0. The number of aromatic nitrogens is 4. The lowest BCUT2D eigenvalue weighted by molar-refractivity contribution is 0.0844. The fraction of sp³-hybridized carbons (Fsp3) is 0.556. The molecule has 0 aliphatic rings. The highest BCUT2D eigenvalue weighted by Gasteiger charge is 2.29. The molecule has 0 atom stereocenters. The Morgan fingerprint density at radius 1 is 1.16 bits per heavy atom. The summed E-state index contributed by atoms with van der Waals surface area (Å²) in [4.78, 5) is 42.3. The molecule has 0 saturated carbocycles. The van der Waals surface area contributed by atoms with Crippen molar-refractivity contribution in [1.82, 2.24) is 18.7 Å². The maximum Gasteiger partial charge on any atom is 0.332 e. The summed E-state index contributed by atoms with van der Waals surface area (Å²) in [7, 11) is 3.21. The summed E-state index contributed by atoms with van der Waals surface area (Å²) in [5, 5.41) is 0. The van der Waals surface area contributed by atoms with E-state index in [4.69, 9.17) is 0 Å². The third-order valence-corrected chi connectivity index (χ3v) is 4.28. The molecule has 7 nitrogen and oxygen atoms in total. The first-order valence-corrected chi connectivity index (χ1v) is 8.43. The topological polar surface area (TPSA) is 78.9 Å². The molecule has 2 rings (SSSR count). The summed E-state index contributed by atoms with van der Waals surface area (Å²) < 4.78 is 4.06. The van der Waals surface area contributed by atoms with E-state index in [0.29, 0.717) is 13.0 Å². The number of hydrogen-bond donors (Lipinski definition) is 0. The Morgan fingerprint density at radius 3 is 2.36 bits per heavy atom. The molecule has 0 amide bonds. The summed E-state index contributed by atoms with van der Waals surface area (Å²) in [5.74, 6) is 0.0228. The van der Waals surface area contributed by atoms with Gasteiger partial charge in [0.1, 0.15) is 0 Å². The molecule has 0 aliphatic heterocycles. The van der Waals surface area contributed by atoms with Gasteiger partial charge in [-0.3, -0.25) is 18.7 Å². The van der Waals surface area contributed by atoms with E-state index in [2.05, 4.69) is 11.6 Å². The van der Waals surface area contributed by atoms with Crippen LogP contribution in [0.25, 0.3) is 11.2 Å². The molecule has 0 radical (unpaired) electrons. The first-order chi connectivity index (χ1) is 11.6. The van der Waals surface area contributed by atoms with E-state index in [0.717, 1.165) is 12.8 Å². The Balaban J connectivity index is 2.64. The van der Waals surface area contributed by atoms with E-state index in [-0.39, 0.29) is 22.8 Å². The maximum atomic E-state index is 12.8. The van der Waals surface area contributed by atoms with Gasteiger partial charge in [0, 0.05) is 26.1 Å². The van der Waals surface area contributed by atoms with Crippen LogP contribution < -0.4 is 11.2 Å². The van der Waals surface area contributed by atoms with E-state index in [1.54, 1.807) is 34.9 Å². The Kier molecular flexibility index (Phi) is 5.15. The predicted octanol–water partition coefficient (Wildman–Crippen LogP) is 2.02. The average molecular weight is 346 g/mol. The number of Topliss-reactive ketones (excluding diaryl/α,β-unsaturated/α-hetero) is 1. The van der Waals surface area contributed by atoms with Crippen LogP contribution >= 0.6 is 0 Å². The lowest BCUT2D eigenvalue weighted by Crippen LogP contribution is -2.39. The number of hydrogen-bond acceptors (Lipinski definition) is 4. The minimum atomic E-state index is -0.627. The molecule has 0 saturated heterocycles. The summed E-state index contributed by atoms with van der Waals surface area (Å²) in [6, 6.07) is 0. The van der Waals surface area contributed by atoms with Crippen molar-refractivity contribution in [1.29, 1.82) is 0 Å². The van der Waals surface area contributed by atoms with E-state index in [1.807, 2.05) is 6.08 Å². The normalized spacial score (nSPS) is 11.9. The van der Waals surface area contributed by atoms with Crippen LogP contribution in [0.4, 0.5) is 0 Å². The number of allylic oxidation sites excluding steroid dienone is 1. The van der Waals surface area contributed by atoms with Crippen LogP contribution in [0.2, 0.25) is 0 Å². The summed E-state index contributed by atoms with van der Waals surface area (Å²) in [6.45, 7) is 9.40. The van der Waals surface area contributed by atoms with Crippen LogP contribution in [0.3, 0.4) is 0 Å². The Bertz CT molecular complexity index is 938. The molecule has 2 aromatic rings. The molecule has 0 aromatic carbocycles. The van der Waals surface area contributed by atoms with Gasteiger partial charge in [-0.05, 0) is 19.3 Å². The van der Waals surface area contributed by atoms with Crippen molar-refractivity contribution < 1.29 is 4.79 Å². The van der Waals surface area contributed by atoms with Gasteiger partial charge < -0.3 is 4.57 Å². The van der Waals surface area contributed by atoms with Crippen LogP contribution in [0.1, 0.15) is 50.7 Å². The second-order valence-corrected chi connectivity index (χ2v) is 7.33. The summed E-state index contributed by atoms with van der Waals surface area (Å²) in [5.41, 5.74) is -0.924. The second kappa shape index (κ2) is 6.82. The number of ketones is 1. The standard InChI is InChI=1S/C18H26N4O3/c1-7-8-9-10-11-22-16(24)12-14(21(6)17(22)25)19-15(20(12)5)13(23)18(2,3)4/h7H,1,8-11H2,2-6H3. The third kappa shape index (κ3) is 3.36. The van der Waals surface area contributed by atoms with Crippen molar-refractivity contribution in [3.8, 4) is 0 Å². The molecular formula is C18H26N4O3. The van der Waals surface area contributed by atoms with Gasteiger partial charge in [-0.1, -0.05) is 26.8 Å². The lowest BCUT2D eigenvalue weighted by atomic mass is 9.90. The zero-order chi connectivity index (χ0) is 18.9. The van der Waals surface area contributed by atoms with Gasteiger partial charge in [0.05, 0.1) is 0 Å². The van der Waals surface area contributed by atoms with Crippen LogP contribution in [0.5, 0.6) is 0 Å². The van der Waals surface area contributed by atoms with Gasteiger partial charge in [0.25, 0.3) is 5.56 Å². The van der Waals surface area contributed by atoms with Crippen molar-refractivity contribution in [2.24, 2.45) is 19.5 Å².